The maximum absolute atomic E-state index is 5.01. The van der Waals surface area contributed by atoms with Crippen molar-refractivity contribution in [3.63, 3.8) is 0 Å². The summed E-state index contributed by atoms with van der Waals surface area (Å²) in [7, 11) is 0. The van der Waals surface area contributed by atoms with Gasteiger partial charge in [-0.05, 0) is 90.2 Å². The highest BCUT2D eigenvalue weighted by Crippen LogP contribution is 2.28. The van der Waals surface area contributed by atoms with Crippen LogP contribution in [0.1, 0.15) is 31.0 Å². The molecule has 0 amide bonds. The van der Waals surface area contributed by atoms with Crippen LogP contribution in [0.5, 0.6) is 0 Å². The van der Waals surface area contributed by atoms with Crippen LogP contribution < -0.4 is 5.32 Å². The van der Waals surface area contributed by atoms with Gasteiger partial charge in [0, 0.05) is 32.5 Å². The number of hydrogen-bond donors (Lipinski definition) is 1. The lowest BCUT2D eigenvalue weighted by Crippen LogP contribution is -2.17. The average molecular weight is 502 g/mol. The minimum absolute atomic E-state index is 0.290. The largest absolute Gasteiger partial charge is 0.312 e. The first-order valence-corrected chi connectivity index (χ1v) is 11.5. The van der Waals surface area contributed by atoms with E-state index in [9.17, 15) is 0 Å². The summed E-state index contributed by atoms with van der Waals surface area (Å²) < 4.78 is 3.27. The van der Waals surface area contributed by atoms with Gasteiger partial charge in [-0.2, -0.15) is 16.4 Å². The SMILES string of the molecule is CC(C)n1ncc2cc(CNCCc3ccc(I)cc3)c(-c3ccsc3)nc21. The number of fused-ring (bicyclic) bond motifs is 1. The fraction of sp³-hybridized carbons (Fsp3) is 0.273. The lowest BCUT2D eigenvalue weighted by Gasteiger charge is -2.12. The number of thiophene rings is 1. The maximum atomic E-state index is 5.01. The smallest absolute Gasteiger partial charge is 0.158 e. The van der Waals surface area contributed by atoms with Crippen LogP contribution in [-0.4, -0.2) is 21.3 Å². The van der Waals surface area contributed by atoms with Crippen LogP contribution in [0.4, 0.5) is 0 Å². The van der Waals surface area contributed by atoms with Crippen molar-refractivity contribution >= 4 is 45.0 Å². The molecule has 0 bridgehead atoms. The van der Waals surface area contributed by atoms with E-state index in [2.05, 4.69) is 94.0 Å². The number of aromatic nitrogens is 3. The Morgan fingerprint density at radius 3 is 2.71 bits per heavy atom. The van der Waals surface area contributed by atoms with Gasteiger partial charge in [0.05, 0.1) is 11.9 Å². The van der Waals surface area contributed by atoms with Crippen molar-refractivity contribution in [2.75, 3.05) is 6.54 Å². The summed E-state index contributed by atoms with van der Waals surface area (Å²) in [6.45, 7) is 6.01. The minimum Gasteiger partial charge on any atom is -0.312 e. The third-order valence-electron chi connectivity index (χ3n) is 4.75. The van der Waals surface area contributed by atoms with Gasteiger partial charge in [0.1, 0.15) is 0 Å². The van der Waals surface area contributed by atoms with Gasteiger partial charge in [-0.25, -0.2) is 9.67 Å². The molecule has 0 aliphatic carbocycles. The number of halogens is 1. The number of rotatable bonds is 7. The number of pyridine rings is 1. The van der Waals surface area contributed by atoms with E-state index in [4.69, 9.17) is 4.98 Å². The summed E-state index contributed by atoms with van der Waals surface area (Å²) in [5.41, 5.74) is 5.77. The molecule has 0 spiro atoms. The van der Waals surface area contributed by atoms with E-state index < -0.39 is 0 Å². The second-order valence-electron chi connectivity index (χ2n) is 7.16. The van der Waals surface area contributed by atoms with Crippen molar-refractivity contribution in [2.45, 2.75) is 32.9 Å². The van der Waals surface area contributed by atoms with E-state index in [1.54, 1.807) is 11.3 Å². The fourth-order valence-corrected chi connectivity index (χ4v) is 4.29. The second-order valence-corrected chi connectivity index (χ2v) is 9.18. The summed E-state index contributed by atoms with van der Waals surface area (Å²) in [5, 5.41) is 13.5. The van der Waals surface area contributed by atoms with Gasteiger partial charge in [0.15, 0.2) is 5.65 Å². The second kappa shape index (κ2) is 8.71. The van der Waals surface area contributed by atoms with Gasteiger partial charge in [-0.3, -0.25) is 0 Å². The lowest BCUT2D eigenvalue weighted by molar-refractivity contribution is 0.546. The predicted molar refractivity (Wildman–Crippen MR) is 126 cm³/mol. The Morgan fingerprint density at radius 2 is 2.00 bits per heavy atom. The van der Waals surface area contributed by atoms with Gasteiger partial charge < -0.3 is 5.32 Å². The number of hydrogen-bond acceptors (Lipinski definition) is 4. The van der Waals surface area contributed by atoms with Crippen molar-refractivity contribution in [3.05, 3.63) is 68.1 Å². The first kappa shape index (κ1) is 19.5. The van der Waals surface area contributed by atoms with Crippen molar-refractivity contribution in [1.82, 2.24) is 20.1 Å². The highest BCUT2D eigenvalue weighted by molar-refractivity contribution is 14.1. The standard InChI is InChI=1S/C22H23IN4S/c1-15(2)27-22-19(13-25-27)11-18(21(26-22)17-8-10-28-14-17)12-24-9-7-16-3-5-20(23)6-4-16/h3-6,8,10-11,13-15,24H,7,9,12H2,1-2H3. The molecule has 6 heteroatoms. The van der Waals surface area contributed by atoms with Crippen molar-refractivity contribution in [1.29, 1.82) is 0 Å². The lowest BCUT2D eigenvalue weighted by atomic mass is 10.1. The van der Waals surface area contributed by atoms with Crippen LogP contribution in [0.2, 0.25) is 0 Å². The molecule has 0 aliphatic rings. The van der Waals surface area contributed by atoms with Gasteiger partial charge in [0.2, 0.25) is 0 Å². The van der Waals surface area contributed by atoms with Crippen LogP contribution in [0.3, 0.4) is 0 Å². The zero-order valence-electron chi connectivity index (χ0n) is 16.0. The topological polar surface area (TPSA) is 42.7 Å². The molecule has 0 fully saturated rings. The molecule has 3 aromatic heterocycles. The molecular formula is C22H23IN4S. The molecule has 0 atom stereocenters. The van der Waals surface area contributed by atoms with Crippen LogP contribution in [0.25, 0.3) is 22.3 Å². The molecule has 0 radical (unpaired) electrons. The minimum atomic E-state index is 0.290. The van der Waals surface area contributed by atoms with Crippen molar-refractivity contribution in [3.8, 4) is 11.3 Å². The molecule has 3 heterocycles. The third-order valence-corrected chi connectivity index (χ3v) is 6.15. The van der Waals surface area contributed by atoms with Crippen LogP contribution in [-0.2, 0) is 13.0 Å². The van der Waals surface area contributed by atoms with Gasteiger partial charge in [-0.1, -0.05) is 12.1 Å². The summed E-state index contributed by atoms with van der Waals surface area (Å²) in [6.07, 6.45) is 2.94. The maximum Gasteiger partial charge on any atom is 0.158 e. The number of benzene rings is 1. The molecule has 4 rings (SSSR count). The Labute approximate surface area is 183 Å². The van der Waals surface area contributed by atoms with E-state index in [1.165, 1.54) is 20.3 Å². The van der Waals surface area contributed by atoms with Gasteiger partial charge >= 0.3 is 0 Å². The zero-order chi connectivity index (χ0) is 19.5. The normalized spacial score (nSPS) is 11.6. The first-order valence-electron chi connectivity index (χ1n) is 9.46. The van der Waals surface area contributed by atoms with Crippen LogP contribution in [0.15, 0.2) is 53.4 Å². The molecule has 0 aliphatic heterocycles. The van der Waals surface area contributed by atoms with E-state index in [-0.39, 0.29) is 0 Å². The summed E-state index contributed by atoms with van der Waals surface area (Å²) in [4.78, 5) is 5.01. The summed E-state index contributed by atoms with van der Waals surface area (Å²) in [5.74, 6) is 0. The highest BCUT2D eigenvalue weighted by Gasteiger charge is 2.14. The van der Waals surface area contributed by atoms with Crippen molar-refractivity contribution < 1.29 is 0 Å². The van der Waals surface area contributed by atoms with Gasteiger partial charge in [-0.15, -0.1) is 0 Å². The first-order chi connectivity index (χ1) is 13.6. The zero-order valence-corrected chi connectivity index (χ0v) is 19.0. The van der Waals surface area contributed by atoms with Gasteiger partial charge in [0.25, 0.3) is 0 Å². The fourth-order valence-electron chi connectivity index (χ4n) is 3.29. The Hall–Kier alpha value is -1.77. The molecule has 0 unspecified atom stereocenters. The molecule has 0 saturated carbocycles. The Kier molecular flexibility index (Phi) is 6.08. The van der Waals surface area contributed by atoms with Crippen molar-refractivity contribution in [2.24, 2.45) is 0 Å². The summed E-state index contributed by atoms with van der Waals surface area (Å²) >= 11 is 4.05. The molecule has 1 N–H and O–H groups in total. The Balaban J connectivity index is 1.55. The molecule has 4 nitrogen and oxygen atoms in total. The molecule has 4 aromatic rings. The van der Waals surface area contributed by atoms with E-state index in [0.29, 0.717) is 6.04 Å². The highest BCUT2D eigenvalue weighted by atomic mass is 127. The monoisotopic (exact) mass is 502 g/mol. The van der Waals surface area contributed by atoms with Crippen LogP contribution in [0, 0.1) is 3.57 Å². The molecule has 1 aromatic carbocycles. The molecular weight excluding hydrogens is 479 g/mol. The number of nitrogens with zero attached hydrogens (tertiary/aromatic N) is 3. The van der Waals surface area contributed by atoms with E-state index >= 15 is 0 Å². The quantitative estimate of drug-likeness (QED) is 0.261. The van der Waals surface area contributed by atoms with E-state index in [1.807, 2.05) is 10.9 Å². The molecule has 0 saturated heterocycles. The van der Waals surface area contributed by atoms with Crippen LogP contribution >= 0.6 is 33.9 Å². The Bertz CT molecular complexity index is 1050. The molecule has 28 heavy (non-hydrogen) atoms. The third kappa shape index (κ3) is 4.29. The summed E-state index contributed by atoms with van der Waals surface area (Å²) in [6, 6.07) is 13.4. The number of nitrogens with one attached hydrogen (secondary N) is 1. The van der Waals surface area contributed by atoms with E-state index in [0.717, 1.165) is 36.2 Å². The Morgan fingerprint density at radius 1 is 1.18 bits per heavy atom. The average Bonchev–Trinajstić information content (AvgIpc) is 3.35. The predicted octanol–water partition coefficient (Wildman–Crippen LogP) is 5.68. The molecule has 144 valence electrons.